The summed E-state index contributed by atoms with van der Waals surface area (Å²) >= 11 is 0. The Kier molecular flexibility index (Phi) is 6.26. The van der Waals surface area contributed by atoms with Gasteiger partial charge in [0.1, 0.15) is 5.82 Å². The Bertz CT molecular complexity index is 520. The van der Waals surface area contributed by atoms with E-state index < -0.39 is 17.7 Å². The van der Waals surface area contributed by atoms with Crippen molar-refractivity contribution in [2.45, 2.75) is 6.54 Å². The van der Waals surface area contributed by atoms with Crippen molar-refractivity contribution in [1.82, 2.24) is 9.80 Å². The fraction of sp³-hybridized carbons (Fsp3) is 0.429. The Morgan fingerprint density at radius 2 is 1.95 bits per heavy atom. The number of primary amides is 1. The summed E-state index contributed by atoms with van der Waals surface area (Å²) < 4.78 is 13.8. The second-order valence-corrected chi connectivity index (χ2v) is 5.08. The molecular weight excluding hydrogens is 277 g/mol. The van der Waals surface area contributed by atoms with Crippen molar-refractivity contribution >= 4 is 11.9 Å². The summed E-state index contributed by atoms with van der Waals surface area (Å²) in [7, 11) is 3.74. The van der Waals surface area contributed by atoms with Gasteiger partial charge in [-0.15, -0.1) is 0 Å². The van der Waals surface area contributed by atoms with Gasteiger partial charge in [0, 0.05) is 30.8 Å². The van der Waals surface area contributed by atoms with Crippen molar-refractivity contribution in [2.75, 3.05) is 33.7 Å². The minimum Gasteiger partial charge on any atom is -0.480 e. The van der Waals surface area contributed by atoms with Gasteiger partial charge in [0.2, 0.25) is 5.91 Å². The lowest BCUT2D eigenvalue weighted by Crippen LogP contribution is -2.35. The van der Waals surface area contributed by atoms with Crippen LogP contribution in [-0.4, -0.2) is 60.5 Å². The normalized spacial score (nSPS) is 11.1. The predicted octanol–water partition coefficient (Wildman–Crippen LogP) is 0.373. The summed E-state index contributed by atoms with van der Waals surface area (Å²) in [4.78, 5) is 25.5. The zero-order valence-electron chi connectivity index (χ0n) is 12.2. The number of rotatable bonds is 8. The number of carboxylic acid groups (broad SMARTS) is 1. The molecule has 0 saturated carbocycles. The zero-order chi connectivity index (χ0) is 16.0. The highest BCUT2D eigenvalue weighted by molar-refractivity contribution is 5.92. The third-order valence-corrected chi connectivity index (χ3v) is 2.95. The SMILES string of the molecule is CN(C)CCN(CC(=O)O)Cc1cc(C(N)=O)ccc1F. The Labute approximate surface area is 122 Å². The van der Waals surface area contributed by atoms with Gasteiger partial charge in [-0.3, -0.25) is 14.5 Å². The zero-order valence-corrected chi connectivity index (χ0v) is 12.2. The van der Waals surface area contributed by atoms with Crippen LogP contribution in [0.15, 0.2) is 18.2 Å². The maximum absolute atomic E-state index is 13.8. The van der Waals surface area contributed by atoms with Crippen LogP contribution in [0.3, 0.4) is 0 Å². The molecule has 21 heavy (non-hydrogen) atoms. The molecule has 0 saturated heterocycles. The molecule has 116 valence electrons. The second kappa shape index (κ2) is 7.70. The van der Waals surface area contributed by atoms with Gasteiger partial charge in [0.25, 0.3) is 0 Å². The lowest BCUT2D eigenvalue weighted by molar-refractivity contribution is -0.138. The molecule has 7 heteroatoms. The number of carboxylic acids is 1. The number of hydrogen-bond acceptors (Lipinski definition) is 4. The van der Waals surface area contributed by atoms with Gasteiger partial charge in [-0.1, -0.05) is 0 Å². The van der Waals surface area contributed by atoms with Crippen molar-refractivity contribution in [1.29, 1.82) is 0 Å². The molecule has 0 atom stereocenters. The smallest absolute Gasteiger partial charge is 0.317 e. The number of benzene rings is 1. The highest BCUT2D eigenvalue weighted by atomic mass is 19.1. The average Bonchev–Trinajstić information content (AvgIpc) is 2.37. The number of amides is 1. The van der Waals surface area contributed by atoms with E-state index in [1.165, 1.54) is 18.2 Å². The van der Waals surface area contributed by atoms with Gasteiger partial charge >= 0.3 is 5.97 Å². The molecule has 1 aromatic rings. The van der Waals surface area contributed by atoms with Crippen LogP contribution < -0.4 is 5.73 Å². The molecule has 1 rings (SSSR count). The number of hydrogen-bond donors (Lipinski definition) is 2. The van der Waals surface area contributed by atoms with Crippen molar-refractivity contribution in [3.8, 4) is 0 Å². The summed E-state index contributed by atoms with van der Waals surface area (Å²) in [5.74, 6) is -2.12. The third-order valence-electron chi connectivity index (χ3n) is 2.95. The van der Waals surface area contributed by atoms with E-state index in [2.05, 4.69) is 0 Å². The molecule has 0 fully saturated rings. The Hall–Kier alpha value is -1.99. The lowest BCUT2D eigenvalue weighted by Gasteiger charge is -2.22. The highest BCUT2D eigenvalue weighted by Crippen LogP contribution is 2.13. The van der Waals surface area contributed by atoms with E-state index in [1.807, 2.05) is 19.0 Å². The quantitative estimate of drug-likeness (QED) is 0.724. The van der Waals surface area contributed by atoms with E-state index in [-0.39, 0.29) is 24.2 Å². The number of nitrogens with two attached hydrogens (primary N) is 1. The summed E-state index contributed by atoms with van der Waals surface area (Å²) in [5.41, 5.74) is 5.63. The molecule has 6 nitrogen and oxygen atoms in total. The fourth-order valence-corrected chi connectivity index (χ4v) is 1.84. The first-order chi connectivity index (χ1) is 9.79. The molecule has 0 aromatic heterocycles. The molecule has 0 unspecified atom stereocenters. The van der Waals surface area contributed by atoms with Crippen LogP contribution in [-0.2, 0) is 11.3 Å². The van der Waals surface area contributed by atoms with Crippen LogP contribution >= 0.6 is 0 Å². The van der Waals surface area contributed by atoms with Crippen molar-refractivity contribution in [3.05, 3.63) is 35.1 Å². The summed E-state index contributed by atoms with van der Waals surface area (Å²) in [6.45, 7) is 1.02. The number of aliphatic carboxylic acids is 1. The minimum absolute atomic E-state index is 0.104. The van der Waals surface area contributed by atoms with Crippen LogP contribution in [0.25, 0.3) is 0 Å². The molecule has 0 heterocycles. The molecule has 0 radical (unpaired) electrons. The fourth-order valence-electron chi connectivity index (χ4n) is 1.84. The van der Waals surface area contributed by atoms with Gasteiger partial charge in [-0.25, -0.2) is 4.39 Å². The Morgan fingerprint density at radius 3 is 2.48 bits per heavy atom. The highest BCUT2D eigenvalue weighted by Gasteiger charge is 2.14. The van der Waals surface area contributed by atoms with E-state index in [9.17, 15) is 14.0 Å². The van der Waals surface area contributed by atoms with Gasteiger partial charge in [-0.05, 0) is 32.3 Å². The second-order valence-electron chi connectivity index (χ2n) is 5.08. The average molecular weight is 297 g/mol. The van der Waals surface area contributed by atoms with Crippen LogP contribution in [0.1, 0.15) is 15.9 Å². The van der Waals surface area contributed by atoms with Crippen molar-refractivity contribution < 1.29 is 19.1 Å². The van der Waals surface area contributed by atoms with Gasteiger partial charge in [-0.2, -0.15) is 0 Å². The van der Waals surface area contributed by atoms with Crippen molar-refractivity contribution in [2.24, 2.45) is 5.73 Å². The van der Waals surface area contributed by atoms with Crippen LogP contribution in [0, 0.1) is 5.82 Å². The van der Waals surface area contributed by atoms with E-state index in [1.54, 1.807) is 4.90 Å². The molecule has 0 aliphatic heterocycles. The summed E-state index contributed by atoms with van der Waals surface area (Å²) in [6, 6.07) is 3.84. The number of nitrogens with zero attached hydrogens (tertiary/aromatic N) is 2. The maximum atomic E-state index is 13.8. The molecule has 1 aromatic carbocycles. The predicted molar refractivity (Wildman–Crippen MR) is 76.4 cm³/mol. The van der Waals surface area contributed by atoms with Crippen molar-refractivity contribution in [3.63, 3.8) is 0 Å². The van der Waals surface area contributed by atoms with E-state index >= 15 is 0 Å². The topological polar surface area (TPSA) is 86.9 Å². The third kappa shape index (κ3) is 5.88. The lowest BCUT2D eigenvalue weighted by atomic mass is 10.1. The van der Waals surface area contributed by atoms with E-state index in [0.717, 1.165) is 0 Å². The first-order valence-corrected chi connectivity index (χ1v) is 6.46. The molecule has 0 spiro atoms. The van der Waals surface area contributed by atoms with Crippen LogP contribution in [0.2, 0.25) is 0 Å². The van der Waals surface area contributed by atoms with E-state index in [0.29, 0.717) is 13.1 Å². The number of halogens is 1. The molecule has 0 aliphatic carbocycles. The molecule has 1 amide bonds. The maximum Gasteiger partial charge on any atom is 0.317 e. The van der Waals surface area contributed by atoms with Gasteiger partial charge in [0.15, 0.2) is 0 Å². The first kappa shape index (κ1) is 17.1. The molecule has 0 aliphatic rings. The summed E-state index contributed by atoms with van der Waals surface area (Å²) in [6.07, 6.45) is 0. The summed E-state index contributed by atoms with van der Waals surface area (Å²) in [5, 5.41) is 8.92. The van der Waals surface area contributed by atoms with Crippen LogP contribution in [0.4, 0.5) is 4.39 Å². The van der Waals surface area contributed by atoms with Gasteiger partial charge in [0.05, 0.1) is 6.54 Å². The monoisotopic (exact) mass is 297 g/mol. The minimum atomic E-state index is -0.986. The van der Waals surface area contributed by atoms with E-state index in [4.69, 9.17) is 10.8 Å². The number of carbonyl (C=O) groups is 2. The Balaban J connectivity index is 2.88. The number of likely N-dealkylation sites (N-methyl/N-ethyl adjacent to an activating group) is 1. The standard InChI is InChI=1S/C14H20FN3O3/c1-17(2)5-6-18(9-13(19)20)8-11-7-10(14(16)21)3-4-12(11)15/h3-4,7H,5-6,8-9H2,1-2H3,(H2,16,21)(H,19,20). The first-order valence-electron chi connectivity index (χ1n) is 6.46. The molecule has 0 bridgehead atoms. The van der Waals surface area contributed by atoms with Crippen LogP contribution in [0.5, 0.6) is 0 Å². The number of carbonyl (C=O) groups excluding carboxylic acids is 1. The largest absolute Gasteiger partial charge is 0.480 e. The van der Waals surface area contributed by atoms with Gasteiger partial charge < -0.3 is 15.7 Å². The Morgan fingerprint density at radius 1 is 1.29 bits per heavy atom. The molecule has 3 N–H and O–H groups in total. The molecular formula is C14H20FN3O3.